The third kappa shape index (κ3) is 3.91. The molecule has 0 N–H and O–H groups in total. The lowest BCUT2D eigenvalue weighted by molar-refractivity contribution is 0.320. The first-order valence-electron chi connectivity index (χ1n) is 12.0. The van der Waals surface area contributed by atoms with Crippen molar-refractivity contribution >= 4 is 43.7 Å². The van der Waals surface area contributed by atoms with E-state index in [0.717, 1.165) is 35.6 Å². The Morgan fingerprint density at radius 1 is 0.972 bits per heavy atom. The molecule has 0 radical (unpaired) electrons. The predicted molar refractivity (Wildman–Crippen MR) is 140 cm³/mol. The highest BCUT2D eigenvalue weighted by Crippen LogP contribution is 2.39. The summed E-state index contributed by atoms with van der Waals surface area (Å²) in [5.41, 5.74) is 5.71. The second-order valence-electron chi connectivity index (χ2n) is 9.30. The molecule has 1 saturated heterocycles. The molecule has 9 heteroatoms. The molecule has 3 heterocycles. The Morgan fingerprint density at radius 2 is 1.72 bits per heavy atom. The molecule has 0 aliphatic carbocycles. The van der Waals surface area contributed by atoms with E-state index >= 15 is 0 Å². The Kier molecular flexibility index (Phi) is 5.86. The highest BCUT2D eigenvalue weighted by atomic mass is 32.2. The topological polar surface area (TPSA) is 68.1 Å². The van der Waals surface area contributed by atoms with Crippen molar-refractivity contribution in [1.29, 1.82) is 0 Å². The van der Waals surface area contributed by atoms with Crippen molar-refractivity contribution in [3.8, 4) is 0 Å². The normalized spacial score (nSPS) is 15.7. The molecule has 0 spiro atoms. The van der Waals surface area contributed by atoms with Gasteiger partial charge in [0.25, 0.3) is 0 Å². The molecule has 36 heavy (non-hydrogen) atoms. The quantitative estimate of drug-likeness (QED) is 0.298. The average molecular weight is 521 g/mol. The molecular formula is C27H25FN4O2S2. The van der Waals surface area contributed by atoms with Crippen molar-refractivity contribution in [3.05, 3.63) is 89.4 Å². The average Bonchev–Trinajstić information content (AvgIpc) is 3.48. The van der Waals surface area contributed by atoms with Crippen LogP contribution in [0.1, 0.15) is 35.6 Å². The number of aromatic nitrogens is 3. The van der Waals surface area contributed by atoms with E-state index in [4.69, 9.17) is 0 Å². The van der Waals surface area contributed by atoms with Crippen LogP contribution < -0.4 is 0 Å². The van der Waals surface area contributed by atoms with Gasteiger partial charge in [-0.3, -0.25) is 0 Å². The molecule has 0 bridgehead atoms. The molecule has 0 atom stereocenters. The molecule has 1 aliphatic heterocycles. The zero-order valence-corrected chi connectivity index (χ0v) is 21.4. The SMILES string of the molecule is Cc1c(C2CCN(S(=O)(=O)c3cccc4nsnc34)CC2)c2ccccc2n1Cc1ccc(F)cc1. The second kappa shape index (κ2) is 9.06. The summed E-state index contributed by atoms with van der Waals surface area (Å²) in [5.74, 6) is 0.0186. The van der Waals surface area contributed by atoms with E-state index in [1.165, 1.54) is 28.8 Å². The summed E-state index contributed by atoms with van der Waals surface area (Å²) in [6, 6.07) is 20.1. The van der Waals surface area contributed by atoms with Crippen LogP contribution in [0, 0.1) is 12.7 Å². The van der Waals surface area contributed by atoms with E-state index in [1.807, 2.05) is 18.2 Å². The maximum absolute atomic E-state index is 13.5. The highest BCUT2D eigenvalue weighted by Gasteiger charge is 2.33. The number of benzene rings is 3. The van der Waals surface area contributed by atoms with Gasteiger partial charge in [0.15, 0.2) is 0 Å². The van der Waals surface area contributed by atoms with Gasteiger partial charge < -0.3 is 4.57 Å². The zero-order chi connectivity index (χ0) is 24.9. The number of sulfonamides is 1. The van der Waals surface area contributed by atoms with Crippen LogP contribution in [0.15, 0.2) is 71.6 Å². The monoisotopic (exact) mass is 520 g/mol. The Hall–Kier alpha value is -3.14. The number of rotatable bonds is 5. The van der Waals surface area contributed by atoms with Crippen molar-refractivity contribution in [2.45, 2.75) is 37.1 Å². The molecule has 1 fully saturated rings. The van der Waals surface area contributed by atoms with Gasteiger partial charge in [0.05, 0.1) is 11.7 Å². The van der Waals surface area contributed by atoms with Crippen LogP contribution in [0.5, 0.6) is 0 Å². The summed E-state index contributed by atoms with van der Waals surface area (Å²) in [4.78, 5) is 0.235. The van der Waals surface area contributed by atoms with Crippen molar-refractivity contribution in [3.63, 3.8) is 0 Å². The van der Waals surface area contributed by atoms with E-state index < -0.39 is 10.0 Å². The van der Waals surface area contributed by atoms with E-state index in [1.54, 1.807) is 22.5 Å². The Morgan fingerprint density at radius 3 is 2.50 bits per heavy atom. The van der Waals surface area contributed by atoms with Crippen LogP contribution >= 0.6 is 11.7 Å². The van der Waals surface area contributed by atoms with E-state index in [-0.39, 0.29) is 16.6 Å². The summed E-state index contributed by atoms with van der Waals surface area (Å²) in [6.45, 7) is 3.71. The molecule has 1 aliphatic rings. The zero-order valence-electron chi connectivity index (χ0n) is 19.8. The molecule has 0 unspecified atom stereocenters. The van der Waals surface area contributed by atoms with Crippen molar-refractivity contribution in [2.75, 3.05) is 13.1 Å². The van der Waals surface area contributed by atoms with Crippen LogP contribution in [0.25, 0.3) is 21.9 Å². The molecule has 3 aromatic carbocycles. The third-order valence-corrected chi connectivity index (χ3v) is 9.74. The summed E-state index contributed by atoms with van der Waals surface area (Å²) in [6.07, 6.45) is 1.49. The van der Waals surface area contributed by atoms with Crippen LogP contribution in [-0.4, -0.2) is 39.1 Å². The summed E-state index contributed by atoms with van der Waals surface area (Å²) in [7, 11) is -3.65. The first-order valence-corrected chi connectivity index (χ1v) is 14.1. The maximum Gasteiger partial charge on any atom is 0.245 e. The van der Waals surface area contributed by atoms with Gasteiger partial charge in [0.1, 0.15) is 21.7 Å². The lowest BCUT2D eigenvalue weighted by Gasteiger charge is -2.31. The van der Waals surface area contributed by atoms with Gasteiger partial charge >= 0.3 is 0 Å². The van der Waals surface area contributed by atoms with Crippen molar-refractivity contribution in [1.82, 2.24) is 17.6 Å². The Labute approximate surface area is 213 Å². The molecule has 5 aromatic rings. The minimum absolute atomic E-state index is 0.235. The predicted octanol–water partition coefficient (Wildman–Crippen LogP) is 5.71. The maximum atomic E-state index is 13.5. The van der Waals surface area contributed by atoms with Gasteiger partial charge in [-0.25, -0.2) is 12.8 Å². The first kappa shape index (κ1) is 23.3. The van der Waals surface area contributed by atoms with Crippen LogP contribution in [0.4, 0.5) is 4.39 Å². The largest absolute Gasteiger partial charge is 0.340 e. The Balaban J connectivity index is 1.29. The molecular weight excluding hydrogens is 495 g/mol. The standard InChI is InChI=1S/C27H25FN4O2S2/c1-18-26(22-5-2-3-7-24(22)32(18)17-19-9-11-21(28)12-10-19)20-13-15-31(16-14-20)36(33,34)25-8-4-6-23-27(25)30-35-29-23/h2-12,20H,13-17H2,1H3. The van der Waals surface area contributed by atoms with Crippen LogP contribution in [0.2, 0.25) is 0 Å². The minimum Gasteiger partial charge on any atom is -0.340 e. The molecule has 2 aromatic heterocycles. The van der Waals surface area contributed by atoms with Gasteiger partial charge in [0, 0.05) is 36.2 Å². The van der Waals surface area contributed by atoms with E-state index in [2.05, 4.69) is 38.4 Å². The van der Waals surface area contributed by atoms with Crippen molar-refractivity contribution < 1.29 is 12.8 Å². The molecule has 6 nitrogen and oxygen atoms in total. The number of halogens is 1. The Bertz CT molecular complexity index is 1670. The number of para-hydroxylation sites is 1. The molecule has 184 valence electrons. The fourth-order valence-corrected chi connectivity index (χ4v) is 7.68. The van der Waals surface area contributed by atoms with Gasteiger partial charge in [-0.05, 0) is 67.1 Å². The third-order valence-electron chi connectivity index (χ3n) is 7.26. The highest BCUT2D eigenvalue weighted by molar-refractivity contribution is 7.89. The number of piperidine rings is 1. The van der Waals surface area contributed by atoms with E-state index in [9.17, 15) is 12.8 Å². The summed E-state index contributed by atoms with van der Waals surface area (Å²) >= 11 is 1.03. The van der Waals surface area contributed by atoms with Gasteiger partial charge in [0.2, 0.25) is 10.0 Å². The van der Waals surface area contributed by atoms with Crippen LogP contribution in [0.3, 0.4) is 0 Å². The summed E-state index contributed by atoms with van der Waals surface area (Å²) < 4.78 is 52.7. The lowest BCUT2D eigenvalue weighted by Crippen LogP contribution is -2.38. The van der Waals surface area contributed by atoms with Crippen molar-refractivity contribution in [2.24, 2.45) is 0 Å². The molecule has 0 saturated carbocycles. The second-order valence-corrected chi connectivity index (χ2v) is 11.7. The van der Waals surface area contributed by atoms with Gasteiger partial charge in [-0.2, -0.15) is 13.1 Å². The number of hydrogen-bond acceptors (Lipinski definition) is 5. The first-order chi connectivity index (χ1) is 17.4. The molecule has 6 rings (SSSR count). The van der Waals surface area contributed by atoms with Gasteiger partial charge in [-0.15, -0.1) is 0 Å². The molecule has 0 amide bonds. The van der Waals surface area contributed by atoms with E-state index in [0.29, 0.717) is 30.7 Å². The fraction of sp³-hybridized carbons (Fsp3) is 0.259. The number of nitrogens with zero attached hydrogens (tertiary/aromatic N) is 4. The van der Waals surface area contributed by atoms with Gasteiger partial charge in [-0.1, -0.05) is 36.4 Å². The fourth-order valence-electron chi connectivity index (χ4n) is 5.46. The minimum atomic E-state index is -3.65. The van der Waals surface area contributed by atoms with Crippen LogP contribution in [-0.2, 0) is 16.6 Å². The lowest BCUT2D eigenvalue weighted by atomic mass is 9.88. The number of hydrogen-bond donors (Lipinski definition) is 0. The smallest absolute Gasteiger partial charge is 0.245 e. The summed E-state index contributed by atoms with van der Waals surface area (Å²) in [5, 5.41) is 1.21. The number of fused-ring (bicyclic) bond motifs is 2.